The zero-order valence-corrected chi connectivity index (χ0v) is 18.0. The van der Waals surface area contributed by atoms with Crippen LogP contribution < -0.4 is 15.6 Å². The van der Waals surface area contributed by atoms with E-state index < -0.39 is 11.5 Å². The molecule has 0 radical (unpaired) electrons. The predicted molar refractivity (Wildman–Crippen MR) is 115 cm³/mol. The van der Waals surface area contributed by atoms with Crippen LogP contribution in [0, 0.1) is 0 Å². The average molecular weight is 412 g/mol. The monoisotopic (exact) mass is 412 g/mol. The third-order valence-corrected chi connectivity index (χ3v) is 4.84. The van der Waals surface area contributed by atoms with Crippen LogP contribution in [0.2, 0.25) is 0 Å². The Hall–Kier alpha value is -3.13. The fourth-order valence-corrected chi connectivity index (χ4v) is 3.16. The van der Waals surface area contributed by atoms with E-state index in [0.29, 0.717) is 29.9 Å². The number of aryl methyl sites for hydroxylation is 1. The number of imidazole rings is 1. The first-order valence-corrected chi connectivity index (χ1v) is 9.89. The van der Waals surface area contributed by atoms with Gasteiger partial charge in [0.15, 0.2) is 0 Å². The number of methoxy groups -OCH3 is 1. The number of ether oxygens (including phenoxy) is 1. The maximum absolute atomic E-state index is 12.8. The summed E-state index contributed by atoms with van der Waals surface area (Å²) in [5, 5.41) is 12.7. The second-order valence-corrected chi connectivity index (χ2v) is 8.25. The van der Waals surface area contributed by atoms with Crippen LogP contribution in [0.1, 0.15) is 56.2 Å². The Morgan fingerprint density at radius 2 is 2.07 bits per heavy atom. The van der Waals surface area contributed by atoms with Gasteiger partial charge in [0.2, 0.25) is 0 Å². The van der Waals surface area contributed by atoms with Crippen LogP contribution in [0.15, 0.2) is 41.6 Å². The smallest absolute Gasteiger partial charge is 0.263 e. The van der Waals surface area contributed by atoms with Crippen molar-refractivity contribution < 1.29 is 14.6 Å². The number of rotatable bonds is 7. The first-order valence-electron chi connectivity index (χ1n) is 9.89. The number of fused-ring (bicyclic) bond motifs is 1. The van der Waals surface area contributed by atoms with E-state index in [1.165, 1.54) is 17.7 Å². The molecule has 0 saturated heterocycles. The van der Waals surface area contributed by atoms with E-state index in [-0.39, 0.29) is 17.2 Å². The fraction of sp³-hybridized carbons (Fsp3) is 0.409. The second kappa shape index (κ2) is 8.31. The van der Waals surface area contributed by atoms with E-state index in [1.807, 2.05) is 20.0 Å². The highest BCUT2D eigenvalue weighted by molar-refractivity contribution is 6.04. The molecule has 0 unspecified atom stereocenters. The minimum Gasteiger partial charge on any atom is -0.494 e. The van der Waals surface area contributed by atoms with Gasteiger partial charge in [-0.3, -0.25) is 9.59 Å². The Morgan fingerprint density at radius 1 is 1.33 bits per heavy atom. The van der Waals surface area contributed by atoms with Crippen molar-refractivity contribution in [3.8, 4) is 5.75 Å². The molecule has 0 aliphatic rings. The van der Waals surface area contributed by atoms with E-state index in [2.05, 4.69) is 10.3 Å². The number of aliphatic hydroxyl groups is 1. The summed E-state index contributed by atoms with van der Waals surface area (Å²) >= 11 is 0. The van der Waals surface area contributed by atoms with Crippen LogP contribution in [0.5, 0.6) is 5.75 Å². The first kappa shape index (κ1) is 21.6. The van der Waals surface area contributed by atoms with Gasteiger partial charge in [-0.1, -0.05) is 0 Å². The third kappa shape index (κ3) is 4.71. The third-order valence-electron chi connectivity index (χ3n) is 4.84. The van der Waals surface area contributed by atoms with Crippen LogP contribution in [0.3, 0.4) is 0 Å². The molecular formula is C22H28N4O4. The molecule has 3 aromatic rings. The molecule has 0 aromatic carbocycles. The van der Waals surface area contributed by atoms with Gasteiger partial charge in [-0.25, -0.2) is 4.98 Å². The molecule has 0 atom stereocenters. The van der Waals surface area contributed by atoms with Crippen LogP contribution >= 0.6 is 0 Å². The van der Waals surface area contributed by atoms with E-state index in [1.54, 1.807) is 42.8 Å². The van der Waals surface area contributed by atoms with Gasteiger partial charge < -0.3 is 24.1 Å². The van der Waals surface area contributed by atoms with Crippen LogP contribution in [0.25, 0.3) is 5.65 Å². The molecule has 0 aliphatic carbocycles. The minimum atomic E-state index is -0.773. The number of carbonyl (C=O) groups is 1. The Morgan fingerprint density at radius 3 is 2.70 bits per heavy atom. The van der Waals surface area contributed by atoms with Gasteiger partial charge in [-0.15, -0.1) is 0 Å². The van der Waals surface area contributed by atoms with Gasteiger partial charge in [-0.05, 0) is 52.7 Å². The number of anilines is 1. The van der Waals surface area contributed by atoms with E-state index >= 15 is 0 Å². The van der Waals surface area contributed by atoms with Crippen molar-refractivity contribution in [1.29, 1.82) is 0 Å². The quantitative estimate of drug-likeness (QED) is 0.622. The highest BCUT2D eigenvalue weighted by atomic mass is 16.5. The number of hydrogen-bond acceptors (Lipinski definition) is 5. The van der Waals surface area contributed by atoms with Crippen molar-refractivity contribution >= 4 is 17.2 Å². The molecule has 3 aromatic heterocycles. The van der Waals surface area contributed by atoms with E-state index in [9.17, 15) is 14.7 Å². The molecule has 3 heterocycles. The van der Waals surface area contributed by atoms with Gasteiger partial charge >= 0.3 is 0 Å². The average Bonchev–Trinajstić information content (AvgIpc) is 3.06. The van der Waals surface area contributed by atoms with E-state index in [4.69, 9.17) is 4.74 Å². The van der Waals surface area contributed by atoms with Crippen LogP contribution in [0.4, 0.5) is 5.69 Å². The number of aromatic nitrogens is 3. The SMILES string of the molecule is COc1cc2nc(CCC(C)(C)O)cn2cc1NC(=O)c1cccn(C(C)C)c1=O. The molecule has 0 bridgehead atoms. The minimum absolute atomic E-state index is 0.0515. The highest BCUT2D eigenvalue weighted by Crippen LogP contribution is 2.27. The molecule has 8 nitrogen and oxygen atoms in total. The summed E-state index contributed by atoms with van der Waals surface area (Å²) in [6.07, 6.45) is 6.42. The molecule has 30 heavy (non-hydrogen) atoms. The van der Waals surface area contributed by atoms with Crippen LogP contribution in [-0.4, -0.2) is 37.7 Å². The lowest BCUT2D eigenvalue weighted by Crippen LogP contribution is -2.29. The number of carbonyl (C=O) groups excluding carboxylic acids is 1. The summed E-state index contributed by atoms with van der Waals surface area (Å²) in [4.78, 5) is 30.0. The van der Waals surface area contributed by atoms with Gasteiger partial charge in [0.25, 0.3) is 11.5 Å². The molecule has 0 aliphatic heterocycles. The molecule has 0 fully saturated rings. The molecule has 2 N–H and O–H groups in total. The number of hydrogen-bond donors (Lipinski definition) is 2. The molecule has 160 valence electrons. The van der Waals surface area contributed by atoms with Crippen molar-refractivity contribution in [2.75, 3.05) is 12.4 Å². The van der Waals surface area contributed by atoms with Gasteiger partial charge in [0.05, 0.1) is 18.4 Å². The summed E-state index contributed by atoms with van der Waals surface area (Å²) in [6, 6.07) is 4.86. The zero-order chi connectivity index (χ0) is 22.1. The lowest BCUT2D eigenvalue weighted by Gasteiger charge is -2.15. The Kier molecular flexibility index (Phi) is 5.98. The molecule has 8 heteroatoms. The van der Waals surface area contributed by atoms with Crippen LogP contribution in [-0.2, 0) is 6.42 Å². The molecule has 1 amide bonds. The van der Waals surface area contributed by atoms with Gasteiger partial charge in [0, 0.05) is 30.7 Å². The van der Waals surface area contributed by atoms with E-state index in [0.717, 1.165) is 5.69 Å². The molecule has 0 saturated carbocycles. The predicted octanol–water partition coefficient (Wildman–Crippen LogP) is 3.04. The molecule has 0 spiro atoms. The Bertz CT molecular complexity index is 1120. The Balaban J connectivity index is 1.91. The summed E-state index contributed by atoms with van der Waals surface area (Å²) in [6.45, 7) is 7.29. The number of amides is 1. The maximum Gasteiger partial charge on any atom is 0.263 e. The molecular weight excluding hydrogens is 384 g/mol. The first-order chi connectivity index (χ1) is 14.1. The summed E-state index contributed by atoms with van der Waals surface area (Å²) in [5.41, 5.74) is 0.862. The lowest BCUT2D eigenvalue weighted by atomic mass is 10.0. The number of pyridine rings is 2. The summed E-state index contributed by atoms with van der Waals surface area (Å²) in [7, 11) is 1.51. The van der Waals surface area contributed by atoms with Gasteiger partial charge in [0.1, 0.15) is 22.6 Å². The van der Waals surface area contributed by atoms with Gasteiger partial charge in [-0.2, -0.15) is 0 Å². The van der Waals surface area contributed by atoms with Crippen molar-refractivity contribution in [1.82, 2.24) is 14.0 Å². The second-order valence-electron chi connectivity index (χ2n) is 8.25. The van der Waals surface area contributed by atoms with Crippen molar-refractivity contribution in [2.24, 2.45) is 0 Å². The summed E-state index contributed by atoms with van der Waals surface area (Å²) in [5.74, 6) is -0.0642. The van der Waals surface area contributed by atoms with Crippen molar-refractivity contribution in [3.63, 3.8) is 0 Å². The van der Waals surface area contributed by atoms with Crippen molar-refractivity contribution in [2.45, 2.75) is 52.2 Å². The highest BCUT2D eigenvalue weighted by Gasteiger charge is 2.18. The Labute approximate surface area is 175 Å². The summed E-state index contributed by atoms with van der Waals surface area (Å²) < 4.78 is 8.72. The fourth-order valence-electron chi connectivity index (χ4n) is 3.16. The lowest BCUT2D eigenvalue weighted by molar-refractivity contribution is 0.0711. The number of nitrogens with one attached hydrogen (secondary N) is 1. The maximum atomic E-state index is 12.8. The largest absolute Gasteiger partial charge is 0.494 e. The topological polar surface area (TPSA) is 97.9 Å². The standard InChI is InChI=1S/C22H28N4O4/c1-14(2)26-10-6-7-16(21(26)28)20(27)24-17-13-25-12-15(8-9-22(3,4)29)23-19(25)11-18(17)30-5/h6-7,10-14,29H,8-9H2,1-5H3,(H,24,27). The number of nitrogens with zero attached hydrogens (tertiary/aromatic N) is 3. The normalized spacial score (nSPS) is 11.8. The zero-order valence-electron chi connectivity index (χ0n) is 18.0. The molecule has 3 rings (SSSR count). The van der Waals surface area contributed by atoms with Crippen molar-refractivity contribution in [3.05, 3.63) is 58.4 Å².